The fourth-order valence-electron chi connectivity index (χ4n) is 7.97. The van der Waals surface area contributed by atoms with Crippen LogP contribution in [0, 0.1) is 45.8 Å². The van der Waals surface area contributed by atoms with Crippen LogP contribution in [0.5, 0.6) is 0 Å². The van der Waals surface area contributed by atoms with E-state index in [0.717, 1.165) is 31.1 Å². The molecule has 120 valence electrons. The Balaban J connectivity index is 1.63. The van der Waals surface area contributed by atoms with E-state index >= 15 is 0 Å². The molecule has 2 heteroatoms. The molecule has 6 saturated carbocycles. The molecular formula is C20H28O2. The van der Waals surface area contributed by atoms with Gasteiger partial charge in [-0.3, -0.25) is 9.59 Å². The van der Waals surface area contributed by atoms with Crippen molar-refractivity contribution in [3.05, 3.63) is 0 Å². The summed E-state index contributed by atoms with van der Waals surface area (Å²) in [4.78, 5) is 26.1. The molecule has 6 aliphatic rings. The van der Waals surface area contributed by atoms with Crippen molar-refractivity contribution in [2.45, 2.75) is 65.7 Å². The molecular weight excluding hydrogens is 272 g/mol. The average Bonchev–Trinajstić information content (AvgIpc) is 3.16. The molecule has 0 aromatic rings. The van der Waals surface area contributed by atoms with E-state index in [-0.39, 0.29) is 11.3 Å². The highest BCUT2D eigenvalue weighted by atomic mass is 16.2. The largest absolute Gasteiger partial charge is 0.299 e. The van der Waals surface area contributed by atoms with Gasteiger partial charge in [-0.25, -0.2) is 0 Å². The molecule has 0 N–H and O–H groups in total. The lowest BCUT2D eigenvalue weighted by Gasteiger charge is -2.65. The summed E-state index contributed by atoms with van der Waals surface area (Å²) in [5, 5.41) is 0. The van der Waals surface area contributed by atoms with Crippen LogP contribution in [-0.2, 0) is 9.59 Å². The molecule has 0 saturated heterocycles. The third-order valence-electron chi connectivity index (χ3n) is 9.34. The lowest BCUT2D eigenvalue weighted by atomic mass is 9.37. The van der Waals surface area contributed by atoms with E-state index in [1.807, 2.05) is 0 Å². The Kier molecular flexibility index (Phi) is 2.31. The summed E-state index contributed by atoms with van der Waals surface area (Å²) in [5.41, 5.74) is 0.199. The number of carbonyl (C=O) groups excluding carboxylic acids is 2. The normalized spacial score (nSPS) is 62.2. The highest BCUT2D eigenvalue weighted by Crippen LogP contribution is 2.76. The molecule has 0 radical (unpaired) electrons. The first kappa shape index (κ1) is 13.7. The molecule has 1 spiro atoms. The minimum Gasteiger partial charge on any atom is -0.299 e. The van der Waals surface area contributed by atoms with E-state index in [2.05, 4.69) is 20.8 Å². The van der Waals surface area contributed by atoms with Crippen LogP contribution in [0.15, 0.2) is 0 Å². The van der Waals surface area contributed by atoms with Gasteiger partial charge in [0.25, 0.3) is 0 Å². The van der Waals surface area contributed by atoms with E-state index in [1.54, 1.807) is 0 Å². The highest BCUT2D eigenvalue weighted by Gasteiger charge is 2.73. The Hall–Kier alpha value is -0.660. The van der Waals surface area contributed by atoms with E-state index < -0.39 is 5.41 Å². The summed E-state index contributed by atoms with van der Waals surface area (Å²) in [6.45, 7) is 7.03. The highest BCUT2D eigenvalue weighted by molar-refractivity contribution is 6.11. The van der Waals surface area contributed by atoms with E-state index in [4.69, 9.17) is 0 Å². The Morgan fingerprint density at radius 3 is 2.55 bits per heavy atom. The number of carbonyl (C=O) groups is 2. The molecule has 0 heterocycles. The first-order chi connectivity index (χ1) is 10.3. The fourth-order valence-corrected chi connectivity index (χ4v) is 7.97. The number of ketones is 2. The third-order valence-corrected chi connectivity index (χ3v) is 9.34. The van der Waals surface area contributed by atoms with Crippen molar-refractivity contribution in [2.24, 2.45) is 45.8 Å². The zero-order chi connectivity index (χ0) is 15.5. The molecule has 6 rings (SSSR count). The second kappa shape index (κ2) is 3.70. The summed E-state index contributed by atoms with van der Waals surface area (Å²) in [7, 11) is 0. The van der Waals surface area contributed by atoms with Gasteiger partial charge in [-0.1, -0.05) is 20.8 Å². The van der Waals surface area contributed by atoms with Crippen LogP contribution in [0.3, 0.4) is 0 Å². The van der Waals surface area contributed by atoms with Gasteiger partial charge < -0.3 is 0 Å². The predicted molar refractivity (Wildman–Crippen MR) is 84.1 cm³/mol. The monoisotopic (exact) mass is 300 g/mol. The number of rotatable bonds is 0. The van der Waals surface area contributed by atoms with Crippen molar-refractivity contribution >= 4 is 11.6 Å². The van der Waals surface area contributed by atoms with E-state index in [9.17, 15) is 9.59 Å². The third kappa shape index (κ3) is 1.24. The summed E-state index contributed by atoms with van der Waals surface area (Å²) >= 11 is 0. The van der Waals surface area contributed by atoms with Gasteiger partial charge in [0.1, 0.15) is 11.6 Å². The molecule has 8 atom stereocenters. The lowest BCUT2D eigenvalue weighted by molar-refractivity contribution is -0.190. The van der Waals surface area contributed by atoms with Crippen LogP contribution in [0.1, 0.15) is 65.7 Å². The molecule has 6 aliphatic carbocycles. The van der Waals surface area contributed by atoms with Gasteiger partial charge in [0.05, 0.1) is 5.41 Å². The standard InChI is InChI=1S/C20H28O2/c1-11-12-8-15-18(2)6-4-13-10-19(13,3)14(18)5-7-20(15,17(11)22)16(21)9-12/h11-15H,4-10H2,1-3H3/t11-,12-,13-,14+,15+,18-,19+,20+/m0/s1. The second-order valence-corrected chi connectivity index (χ2v) is 9.84. The molecule has 2 nitrogen and oxygen atoms in total. The van der Waals surface area contributed by atoms with Gasteiger partial charge in [0.2, 0.25) is 0 Å². The first-order valence-electron chi connectivity index (χ1n) is 9.41. The van der Waals surface area contributed by atoms with Crippen molar-refractivity contribution in [1.29, 1.82) is 0 Å². The number of hydrogen-bond donors (Lipinski definition) is 0. The number of hydrogen-bond acceptors (Lipinski definition) is 2. The average molecular weight is 300 g/mol. The van der Waals surface area contributed by atoms with Gasteiger partial charge in [0, 0.05) is 12.3 Å². The smallest absolute Gasteiger partial charge is 0.149 e. The lowest BCUT2D eigenvalue weighted by Crippen LogP contribution is -2.67. The molecule has 0 aliphatic heterocycles. The molecule has 6 fully saturated rings. The molecule has 22 heavy (non-hydrogen) atoms. The van der Waals surface area contributed by atoms with Crippen LogP contribution in [0.4, 0.5) is 0 Å². The minimum atomic E-state index is -0.572. The topological polar surface area (TPSA) is 34.1 Å². The predicted octanol–water partition coefficient (Wildman–Crippen LogP) is 4.02. The van der Waals surface area contributed by atoms with Crippen LogP contribution >= 0.6 is 0 Å². The molecule has 0 unspecified atom stereocenters. The van der Waals surface area contributed by atoms with Crippen LogP contribution in [-0.4, -0.2) is 11.6 Å². The maximum atomic E-state index is 13.1. The van der Waals surface area contributed by atoms with Crippen LogP contribution in [0.2, 0.25) is 0 Å². The van der Waals surface area contributed by atoms with E-state index in [0.29, 0.717) is 35.2 Å². The van der Waals surface area contributed by atoms with E-state index in [1.165, 1.54) is 19.3 Å². The summed E-state index contributed by atoms with van der Waals surface area (Å²) in [6.07, 6.45) is 7.81. The van der Waals surface area contributed by atoms with Gasteiger partial charge in [0.15, 0.2) is 0 Å². The minimum absolute atomic E-state index is 0.127. The quantitative estimate of drug-likeness (QED) is 0.633. The van der Waals surface area contributed by atoms with Crippen molar-refractivity contribution in [1.82, 2.24) is 0 Å². The first-order valence-corrected chi connectivity index (χ1v) is 9.41. The summed E-state index contributed by atoms with van der Waals surface area (Å²) in [5.74, 6) is 3.16. The second-order valence-electron chi connectivity index (χ2n) is 9.84. The van der Waals surface area contributed by atoms with Gasteiger partial charge >= 0.3 is 0 Å². The van der Waals surface area contributed by atoms with Crippen LogP contribution in [0.25, 0.3) is 0 Å². The Labute approximate surface area is 133 Å². The molecule has 0 amide bonds. The number of fused-ring (bicyclic) bond motifs is 5. The SMILES string of the molecule is C[C@@H]1C(=O)[C@]23CC[C@@H]4[C@](C)(CC[C@H]5C[C@]54C)[C@H]2C[C@H]1CC3=O. The van der Waals surface area contributed by atoms with Crippen LogP contribution < -0.4 is 0 Å². The maximum Gasteiger partial charge on any atom is 0.149 e. The maximum absolute atomic E-state index is 13.1. The Morgan fingerprint density at radius 2 is 1.77 bits per heavy atom. The molecule has 2 bridgehead atoms. The van der Waals surface area contributed by atoms with Crippen molar-refractivity contribution in [3.8, 4) is 0 Å². The zero-order valence-corrected chi connectivity index (χ0v) is 14.2. The fraction of sp³-hybridized carbons (Fsp3) is 0.900. The zero-order valence-electron chi connectivity index (χ0n) is 14.2. The van der Waals surface area contributed by atoms with Crippen molar-refractivity contribution in [2.75, 3.05) is 0 Å². The molecule has 0 aromatic heterocycles. The Morgan fingerprint density at radius 1 is 1.00 bits per heavy atom. The summed E-state index contributed by atoms with van der Waals surface area (Å²) < 4.78 is 0. The van der Waals surface area contributed by atoms with Crippen molar-refractivity contribution in [3.63, 3.8) is 0 Å². The Bertz CT molecular complexity index is 595. The molecule has 0 aromatic carbocycles. The van der Waals surface area contributed by atoms with Crippen molar-refractivity contribution < 1.29 is 9.59 Å². The van der Waals surface area contributed by atoms with Gasteiger partial charge in [-0.15, -0.1) is 0 Å². The van der Waals surface area contributed by atoms with Gasteiger partial charge in [-0.05, 0) is 73.0 Å². The number of Topliss-reactive ketones (excluding diaryl/α,β-unsaturated/α-hetero) is 2. The summed E-state index contributed by atoms with van der Waals surface area (Å²) in [6, 6.07) is 0. The van der Waals surface area contributed by atoms with Gasteiger partial charge in [-0.2, -0.15) is 0 Å².